The highest BCUT2D eigenvalue weighted by Crippen LogP contribution is 2.30. The average Bonchev–Trinajstić information content (AvgIpc) is 3.66. The number of ether oxygens (including phenoxy) is 4. The van der Waals surface area contributed by atoms with Crippen LogP contribution in [0.4, 0.5) is 0 Å². The fourth-order valence-electron chi connectivity index (χ4n) is 6.54. The van der Waals surface area contributed by atoms with Crippen LogP contribution in [0.3, 0.4) is 0 Å². The van der Waals surface area contributed by atoms with E-state index in [9.17, 15) is 5.11 Å². The molecule has 0 fully saturated rings. The lowest BCUT2D eigenvalue weighted by molar-refractivity contribution is -0.124. The maximum Gasteiger partial charge on any atom is 0.133 e. The number of methoxy groups -OCH3 is 1. The first-order chi connectivity index (χ1) is 25.5. The van der Waals surface area contributed by atoms with E-state index in [1.807, 2.05) is 79.7 Å². The van der Waals surface area contributed by atoms with E-state index in [1.165, 1.54) is 0 Å². The molecule has 4 atom stereocenters. The van der Waals surface area contributed by atoms with E-state index < -0.39 is 6.10 Å². The summed E-state index contributed by atoms with van der Waals surface area (Å²) in [6.45, 7) is 3.17. The summed E-state index contributed by atoms with van der Waals surface area (Å²) in [4.78, 5) is 0. The third-order valence-corrected chi connectivity index (χ3v) is 9.90. The van der Waals surface area contributed by atoms with Crippen LogP contribution in [-0.4, -0.2) is 36.6 Å². The van der Waals surface area contributed by atoms with Crippen molar-refractivity contribution in [3.8, 4) is 0 Å². The maximum absolute atomic E-state index is 10.6. The molecule has 0 radical (unpaired) electrons. The van der Waals surface area contributed by atoms with Gasteiger partial charge in [-0.1, -0.05) is 115 Å². The fraction of sp³-hybridized carbons (Fsp3) is 0.289. The van der Waals surface area contributed by atoms with Crippen molar-refractivity contribution in [2.75, 3.05) is 7.11 Å². The minimum atomic E-state index is -0.399. The second-order valence-electron chi connectivity index (χ2n) is 13.2. The van der Waals surface area contributed by atoms with Gasteiger partial charge in [-0.15, -0.1) is 0 Å². The van der Waals surface area contributed by atoms with Crippen LogP contribution in [0.15, 0.2) is 138 Å². The largest absolute Gasteiger partial charge is 0.464 e. The minimum absolute atomic E-state index is 0.150. The van der Waals surface area contributed by atoms with E-state index in [4.69, 9.17) is 35.0 Å². The van der Waals surface area contributed by atoms with E-state index >= 15 is 0 Å². The summed E-state index contributed by atoms with van der Waals surface area (Å²) in [6, 6.07) is 42.6. The lowest BCUT2D eigenvalue weighted by atomic mass is 9.92. The Bertz CT molecular complexity index is 1950. The lowest BCUT2D eigenvalue weighted by Gasteiger charge is -2.33. The number of rotatable bonds is 19. The SMILES string of the molecule is COC(CC(OCc1ccccc1)[C@H](Cc1cc(Cc2ccc3occc3c2)c(Cl)cc1CO)OCc1ccccc1)C(C)OCc1ccccc1. The molecule has 0 aliphatic carbocycles. The smallest absolute Gasteiger partial charge is 0.133 e. The molecular weight excluding hydrogens is 672 g/mol. The first kappa shape index (κ1) is 37.5. The summed E-state index contributed by atoms with van der Waals surface area (Å²) < 4.78 is 31.6. The van der Waals surface area contributed by atoms with Gasteiger partial charge < -0.3 is 28.5 Å². The van der Waals surface area contributed by atoms with Crippen molar-refractivity contribution in [2.24, 2.45) is 0 Å². The zero-order valence-corrected chi connectivity index (χ0v) is 30.6. The van der Waals surface area contributed by atoms with E-state index in [-0.39, 0.29) is 24.9 Å². The van der Waals surface area contributed by atoms with Gasteiger partial charge in [-0.25, -0.2) is 0 Å². The summed E-state index contributed by atoms with van der Waals surface area (Å²) in [5.41, 5.74) is 7.88. The van der Waals surface area contributed by atoms with E-state index in [0.717, 1.165) is 49.9 Å². The maximum atomic E-state index is 10.6. The molecule has 7 heteroatoms. The second-order valence-corrected chi connectivity index (χ2v) is 13.6. The van der Waals surface area contributed by atoms with E-state index in [0.29, 0.717) is 44.1 Å². The van der Waals surface area contributed by atoms with Crippen molar-refractivity contribution in [1.82, 2.24) is 0 Å². The Morgan fingerprint density at radius 2 is 1.21 bits per heavy atom. The van der Waals surface area contributed by atoms with Gasteiger partial charge in [0.1, 0.15) is 5.58 Å². The second kappa shape index (κ2) is 19.0. The molecule has 6 aromatic rings. The number of hydrogen-bond acceptors (Lipinski definition) is 6. The Labute approximate surface area is 311 Å². The number of benzene rings is 5. The molecular formula is C45H47ClO6. The molecule has 1 aromatic heterocycles. The molecule has 52 heavy (non-hydrogen) atoms. The number of aliphatic hydroxyl groups excluding tert-OH is 1. The average molecular weight is 719 g/mol. The molecule has 0 spiro atoms. The third kappa shape index (κ3) is 10.4. The van der Waals surface area contributed by atoms with Crippen molar-refractivity contribution in [1.29, 1.82) is 0 Å². The summed E-state index contributed by atoms with van der Waals surface area (Å²) in [5.74, 6) is 0. The lowest BCUT2D eigenvalue weighted by Crippen LogP contribution is -2.40. The molecule has 0 aliphatic heterocycles. The van der Waals surface area contributed by atoms with Crippen LogP contribution in [-0.2, 0) is 58.2 Å². The number of fused-ring (bicyclic) bond motifs is 1. The molecule has 0 saturated heterocycles. The van der Waals surface area contributed by atoms with Gasteiger partial charge in [0.15, 0.2) is 0 Å². The van der Waals surface area contributed by atoms with Gasteiger partial charge in [0, 0.05) is 30.4 Å². The van der Waals surface area contributed by atoms with Gasteiger partial charge >= 0.3 is 0 Å². The fourth-order valence-corrected chi connectivity index (χ4v) is 6.80. The van der Waals surface area contributed by atoms with Gasteiger partial charge in [-0.3, -0.25) is 0 Å². The highest BCUT2D eigenvalue weighted by Gasteiger charge is 2.31. The first-order valence-corrected chi connectivity index (χ1v) is 18.2. The standard InChI is InChI=1S/C45H47ClO6/c1-32(50-29-33-12-6-3-7-13-33)43(48-2)27-45(52-31-35-16-10-5-11-17-35)44(51-30-34-14-8-4-9-15-34)26-38-24-39(41(46)25-40(38)28-47)23-36-18-19-42-37(22-36)20-21-49-42/h3-22,24-25,32,43-45,47H,23,26-31H2,1-2H3/t32?,43?,44-,45?/m0/s1. The number of halogens is 1. The molecule has 270 valence electrons. The van der Waals surface area contributed by atoms with Gasteiger partial charge in [0.25, 0.3) is 0 Å². The van der Waals surface area contributed by atoms with Crippen molar-refractivity contribution in [2.45, 2.75) is 77.0 Å². The van der Waals surface area contributed by atoms with Crippen molar-refractivity contribution in [3.63, 3.8) is 0 Å². The third-order valence-electron chi connectivity index (χ3n) is 9.55. The molecule has 1 N–H and O–H groups in total. The number of aliphatic hydroxyl groups is 1. The molecule has 0 bridgehead atoms. The molecule has 0 aliphatic rings. The summed E-state index contributed by atoms with van der Waals surface area (Å²) in [7, 11) is 1.72. The molecule has 6 nitrogen and oxygen atoms in total. The molecule has 1 heterocycles. The van der Waals surface area contributed by atoms with Gasteiger partial charge in [0.2, 0.25) is 0 Å². The Hall–Kier alpha value is -4.27. The topological polar surface area (TPSA) is 70.3 Å². The minimum Gasteiger partial charge on any atom is -0.464 e. The summed E-state index contributed by atoms with van der Waals surface area (Å²) in [5, 5.41) is 12.2. The van der Waals surface area contributed by atoms with E-state index in [1.54, 1.807) is 13.4 Å². The van der Waals surface area contributed by atoms with Crippen LogP contribution in [0, 0.1) is 0 Å². The first-order valence-electron chi connectivity index (χ1n) is 17.9. The summed E-state index contributed by atoms with van der Waals surface area (Å²) >= 11 is 6.87. The van der Waals surface area contributed by atoms with Gasteiger partial charge in [-0.05, 0) is 76.6 Å². The van der Waals surface area contributed by atoms with Crippen LogP contribution in [0.5, 0.6) is 0 Å². The Morgan fingerprint density at radius 1 is 0.615 bits per heavy atom. The predicted octanol–water partition coefficient (Wildman–Crippen LogP) is 9.89. The van der Waals surface area contributed by atoms with Gasteiger partial charge in [-0.2, -0.15) is 0 Å². The number of furan rings is 1. The summed E-state index contributed by atoms with van der Waals surface area (Å²) in [6.07, 6.45) is 2.07. The molecule has 5 aromatic carbocycles. The zero-order valence-electron chi connectivity index (χ0n) is 29.8. The Balaban J connectivity index is 1.30. The van der Waals surface area contributed by atoms with Crippen LogP contribution in [0.1, 0.15) is 52.3 Å². The van der Waals surface area contributed by atoms with E-state index in [2.05, 4.69) is 54.6 Å². The zero-order chi connectivity index (χ0) is 36.1. The normalized spacial score (nSPS) is 13.9. The predicted molar refractivity (Wildman–Crippen MR) is 206 cm³/mol. The molecule has 0 amide bonds. The van der Waals surface area contributed by atoms with Crippen molar-refractivity contribution >= 4 is 22.6 Å². The van der Waals surface area contributed by atoms with Crippen LogP contribution < -0.4 is 0 Å². The van der Waals surface area contributed by atoms with Crippen LogP contribution >= 0.6 is 11.6 Å². The van der Waals surface area contributed by atoms with Crippen LogP contribution in [0.2, 0.25) is 5.02 Å². The van der Waals surface area contributed by atoms with Gasteiger partial charge in [0.05, 0.1) is 57.1 Å². The van der Waals surface area contributed by atoms with Crippen molar-refractivity contribution in [3.05, 3.63) is 178 Å². The molecule has 0 saturated carbocycles. The Morgan fingerprint density at radius 3 is 1.81 bits per heavy atom. The number of hydrogen-bond donors (Lipinski definition) is 1. The highest BCUT2D eigenvalue weighted by molar-refractivity contribution is 6.31. The monoisotopic (exact) mass is 718 g/mol. The Kier molecular flexibility index (Phi) is 13.7. The molecule has 6 rings (SSSR count). The van der Waals surface area contributed by atoms with Crippen molar-refractivity contribution < 1.29 is 28.5 Å². The van der Waals surface area contributed by atoms with Crippen LogP contribution in [0.25, 0.3) is 11.0 Å². The quantitative estimate of drug-likeness (QED) is 0.0899. The molecule has 3 unspecified atom stereocenters. The highest BCUT2D eigenvalue weighted by atomic mass is 35.5.